The second kappa shape index (κ2) is 6.60. The van der Waals surface area contributed by atoms with Gasteiger partial charge in [0.15, 0.2) is 16.2 Å². The molecule has 6 unspecified atom stereocenters. The summed E-state index contributed by atoms with van der Waals surface area (Å²) >= 11 is 0. The van der Waals surface area contributed by atoms with Gasteiger partial charge in [0.05, 0.1) is 32.5 Å². The molecule has 6 spiro atoms. The highest BCUT2D eigenvalue weighted by atomic mass is 16.4. The van der Waals surface area contributed by atoms with Crippen LogP contribution in [0.4, 0.5) is 0 Å². The van der Waals surface area contributed by atoms with Crippen LogP contribution in [0.1, 0.15) is 66.8 Å². The highest BCUT2D eigenvalue weighted by Gasteiger charge is 3.07. The van der Waals surface area contributed by atoms with Gasteiger partial charge < -0.3 is 30.6 Å². The van der Waals surface area contributed by atoms with E-state index in [9.17, 15) is 30.6 Å². The Labute approximate surface area is 435 Å². The molecule has 6 atom stereocenters. The molecule has 0 bridgehead atoms. The van der Waals surface area contributed by atoms with Crippen LogP contribution in [-0.2, 0) is 61.3 Å². The van der Waals surface area contributed by atoms with E-state index < -0.39 is 84.6 Å². The third-order valence-corrected chi connectivity index (χ3v) is 30.0. The highest BCUT2D eigenvalue weighted by molar-refractivity contribution is 6.73. The van der Waals surface area contributed by atoms with Crippen LogP contribution in [0, 0.1) is 16.2 Å². The van der Waals surface area contributed by atoms with Gasteiger partial charge in [0.2, 0.25) is 0 Å². The van der Waals surface area contributed by atoms with Crippen molar-refractivity contribution in [2.45, 2.75) is 32.5 Å². The summed E-state index contributed by atoms with van der Waals surface area (Å²) < 4.78 is 0. The predicted octanol–water partition coefficient (Wildman–Crippen LogP) is 10.9. The van der Waals surface area contributed by atoms with E-state index in [4.69, 9.17) is 0 Å². The molecule has 12 nitrogen and oxygen atoms in total. The minimum Gasteiger partial charge on any atom is -0.480 e. The highest BCUT2D eigenvalue weighted by Crippen LogP contribution is 3.04. The van der Waals surface area contributed by atoms with E-state index in [-0.39, 0.29) is 0 Å². The van der Waals surface area contributed by atoms with Gasteiger partial charge in [0, 0.05) is 0 Å². The summed E-state index contributed by atoms with van der Waals surface area (Å²) in [6.07, 6.45) is 0. The van der Waals surface area contributed by atoms with Gasteiger partial charge in [-0.2, -0.15) is 0 Å². The van der Waals surface area contributed by atoms with Gasteiger partial charge >= 0.3 is 35.8 Å². The fraction of sp³-hybridized carbons (Fsp3) is 0.130. The molecule has 15 aliphatic carbocycles. The Hall–Kier alpha value is -10.2. The van der Waals surface area contributed by atoms with Gasteiger partial charge in [-0.15, -0.1) is 0 Å². The first-order valence-corrected chi connectivity index (χ1v) is 28.1. The van der Waals surface area contributed by atoms with Crippen molar-refractivity contribution in [2.24, 2.45) is 16.2 Å². The molecule has 6 N–H and O–H groups in total. The summed E-state index contributed by atoms with van der Waals surface area (Å²) in [5, 5.41) is 112. The van der Waals surface area contributed by atoms with Crippen LogP contribution in [0.2, 0.25) is 0 Å². The Balaban J connectivity index is 1.12. The lowest BCUT2D eigenvalue weighted by molar-refractivity contribution is -0.160. The van der Waals surface area contributed by atoms with Crippen molar-refractivity contribution in [3.63, 3.8) is 0 Å². The van der Waals surface area contributed by atoms with E-state index in [1.54, 1.807) is 0 Å². The van der Waals surface area contributed by atoms with Gasteiger partial charge in [0.25, 0.3) is 0 Å². The average Bonchev–Trinajstić information content (AvgIpc) is 1.34. The standard InChI is InChI=1S/C69H6O12/c70-55(71)67(56(72)73)61-43-21-8-2-1-3-10-5-9(2)22(43)31-18(5)37-39-40-38-19-6-12-14-16-15-13(27(21)44(61)28(16)26(12)48(38)62(61,67)49(31)40)11-4(8)7(1)23-33-17(3)34-24(10)47(37)63-50(39)32(19)36-20(6)35-30(14)46-29(15)25(11)45(23)64-51(33)41-42(52(35)65(46,64)69(64,59(78)79)60(80)81)54(36)66(63,53(34)41)68(63,57(74)75)58(76)77/h(H,70,71)(H,72,73)(H,74,75)(H,76,77)(H,78,79)(H,80,81). The molecule has 3 fully saturated rings. The van der Waals surface area contributed by atoms with Gasteiger partial charge in [-0.3, -0.25) is 28.8 Å². The van der Waals surface area contributed by atoms with Crippen molar-refractivity contribution in [1.82, 2.24) is 0 Å². The maximum atomic E-state index is 15.8. The van der Waals surface area contributed by atoms with Crippen LogP contribution in [0.15, 0.2) is 0 Å². The zero-order valence-electron chi connectivity index (χ0n) is 39.6. The topological polar surface area (TPSA) is 224 Å². The van der Waals surface area contributed by atoms with Crippen molar-refractivity contribution < 1.29 is 59.4 Å². The lowest BCUT2D eigenvalue weighted by atomic mass is 9.66. The second-order valence-corrected chi connectivity index (χ2v) is 28.8. The summed E-state index contributed by atoms with van der Waals surface area (Å²) in [7, 11) is 0. The minimum absolute atomic E-state index is 0.583. The SMILES string of the molecule is O=C(O)C1(C(=O)O)C23c4c5c6c7c8c9c%10c%11c%12c%13c%14c(c-5c2c2c5c%15c%16c%17c(c%18c4c7c4c%18c7c%18c%19c%20c%21c%22c%23c%24c%25c(c(c%177)C%187C(C(=O)O)(C(=O)O)C%21%247)c%16c7c5c(c2%14)c2c%13c(c%11c%22c%10c%20c8c%194)c%23c2c%257)C%1513)C%121C(C(=O)O)(C(=O)O)C691. The number of aliphatic carboxylic acids is 6. The van der Waals surface area contributed by atoms with Gasteiger partial charge in [-0.1, -0.05) is 0 Å². The molecule has 20 aromatic rings. The molecule has 0 saturated heterocycles. The number of rotatable bonds is 6. The molecule has 0 aliphatic heterocycles. The van der Waals surface area contributed by atoms with Crippen LogP contribution in [0.25, 0.3) is 227 Å². The second-order valence-electron chi connectivity index (χ2n) is 28.8. The minimum atomic E-state index is -2.58. The zero-order valence-corrected chi connectivity index (χ0v) is 39.6. The number of benzene rings is 14. The van der Waals surface area contributed by atoms with Crippen molar-refractivity contribution in [3.8, 4) is 11.1 Å². The molecule has 0 aromatic heterocycles. The van der Waals surface area contributed by atoms with Crippen molar-refractivity contribution in [2.75, 3.05) is 0 Å². The van der Waals surface area contributed by atoms with E-state index in [0.29, 0.717) is 66.8 Å². The first-order chi connectivity index (χ1) is 39.4. The number of hydrogen-bond acceptors (Lipinski definition) is 6. The molecule has 354 valence electrons. The van der Waals surface area contributed by atoms with E-state index >= 15 is 28.8 Å². The van der Waals surface area contributed by atoms with Crippen molar-refractivity contribution in [1.29, 1.82) is 0 Å². The Bertz CT molecular complexity index is 7800. The smallest absolute Gasteiger partial charge is 0.323 e. The van der Waals surface area contributed by atoms with Gasteiger partial charge in [-0.05, 0) is 293 Å². The Morgan fingerprint density at radius 3 is 0.420 bits per heavy atom. The number of carboxylic acids is 6. The van der Waals surface area contributed by atoms with Gasteiger partial charge in [0.1, 0.15) is 0 Å². The molecule has 0 radical (unpaired) electrons. The summed E-state index contributed by atoms with van der Waals surface area (Å²) in [5.41, 5.74) is -8.57. The van der Waals surface area contributed by atoms with Crippen molar-refractivity contribution in [3.05, 3.63) is 66.8 Å². The Morgan fingerprint density at radius 1 is 0.160 bits per heavy atom. The fourth-order valence-corrected chi connectivity index (χ4v) is 30.9. The number of carbonyl (C=O) groups is 6. The summed E-state index contributed by atoms with van der Waals surface area (Å²) in [6, 6.07) is 0. The molecular formula is C69H6O12. The molecule has 12 heteroatoms. The summed E-state index contributed by atoms with van der Waals surface area (Å²) in [6.45, 7) is 0. The lowest BCUT2D eigenvalue weighted by Gasteiger charge is -2.34. The molecule has 0 amide bonds. The Morgan fingerprint density at radius 2 is 0.259 bits per heavy atom. The van der Waals surface area contributed by atoms with E-state index in [0.717, 1.165) is 227 Å². The van der Waals surface area contributed by atoms with E-state index in [1.807, 2.05) is 0 Å². The first-order valence-electron chi connectivity index (χ1n) is 28.1. The molecule has 20 aromatic carbocycles. The maximum absolute atomic E-state index is 15.8. The average molecular weight is 1030 g/mol. The number of carboxylic acid groups (broad SMARTS) is 6. The molecule has 0 heterocycles. The normalized spacial score (nSPS) is 31.4. The molecule has 15 aliphatic rings. The number of hydrogen-bond donors (Lipinski definition) is 6. The predicted molar refractivity (Wildman–Crippen MR) is 292 cm³/mol. The van der Waals surface area contributed by atoms with Crippen LogP contribution >= 0.6 is 0 Å². The van der Waals surface area contributed by atoms with Crippen LogP contribution in [-0.4, -0.2) is 66.5 Å². The van der Waals surface area contributed by atoms with Gasteiger partial charge in [-0.25, -0.2) is 0 Å². The lowest BCUT2D eigenvalue weighted by Crippen LogP contribution is -2.36. The molecular weight excluding hydrogens is 1020 g/mol. The molecule has 35 rings (SSSR count). The third-order valence-electron chi connectivity index (χ3n) is 30.0. The summed E-state index contributed by atoms with van der Waals surface area (Å²) in [5.74, 6) is -8.61. The molecule has 3 saturated carbocycles. The first kappa shape index (κ1) is 32.0. The summed E-state index contributed by atoms with van der Waals surface area (Å²) in [4.78, 5) is 94.6. The van der Waals surface area contributed by atoms with E-state index in [1.165, 1.54) is 0 Å². The maximum Gasteiger partial charge on any atom is 0.323 e. The Kier molecular flexibility index (Phi) is 2.61. The van der Waals surface area contributed by atoms with Crippen LogP contribution in [0.5, 0.6) is 0 Å². The van der Waals surface area contributed by atoms with Crippen LogP contribution in [0.3, 0.4) is 0 Å². The quantitative estimate of drug-likeness (QED) is 0.0676. The largest absolute Gasteiger partial charge is 0.480 e. The third kappa shape index (κ3) is 1.44. The van der Waals surface area contributed by atoms with Crippen LogP contribution < -0.4 is 0 Å². The zero-order chi connectivity index (χ0) is 51.1. The van der Waals surface area contributed by atoms with E-state index in [2.05, 4.69) is 0 Å². The monoisotopic (exact) mass is 1030 g/mol. The van der Waals surface area contributed by atoms with Crippen molar-refractivity contribution >= 4 is 251 Å². The fourth-order valence-electron chi connectivity index (χ4n) is 30.9. The molecule has 81 heavy (non-hydrogen) atoms.